The molecule has 0 aliphatic heterocycles. The number of primary amides is 1. The van der Waals surface area contributed by atoms with Crippen LogP contribution in [0.5, 0.6) is 0 Å². The highest BCUT2D eigenvalue weighted by atomic mass is 16.6. The van der Waals surface area contributed by atoms with Gasteiger partial charge in [0.05, 0.1) is 22.3 Å². The van der Waals surface area contributed by atoms with E-state index in [1.54, 1.807) is 18.2 Å². The average molecular weight is 258 g/mol. The van der Waals surface area contributed by atoms with E-state index in [1.807, 2.05) is 0 Å². The second-order valence-corrected chi connectivity index (χ2v) is 3.78. The summed E-state index contributed by atoms with van der Waals surface area (Å²) in [6, 6.07) is 7.70. The zero-order chi connectivity index (χ0) is 14.0. The molecule has 0 spiro atoms. The van der Waals surface area contributed by atoms with Crippen molar-refractivity contribution in [1.29, 1.82) is 0 Å². The van der Waals surface area contributed by atoms with Crippen molar-refractivity contribution in [3.05, 3.63) is 59.0 Å². The average Bonchev–Trinajstić information content (AvgIpc) is 2.86. The lowest BCUT2D eigenvalue weighted by molar-refractivity contribution is -0.384. The number of amides is 1. The van der Waals surface area contributed by atoms with Crippen LogP contribution in [0.4, 0.5) is 5.69 Å². The summed E-state index contributed by atoms with van der Waals surface area (Å²) in [5.41, 5.74) is 5.79. The molecule has 2 N–H and O–H groups in total. The van der Waals surface area contributed by atoms with Gasteiger partial charge in [-0.15, -0.1) is 0 Å². The predicted molar refractivity (Wildman–Crippen MR) is 69.0 cm³/mol. The molecule has 1 aromatic heterocycles. The summed E-state index contributed by atoms with van der Waals surface area (Å²) < 4.78 is 5.15. The van der Waals surface area contributed by atoms with Crippen LogP contribution in [0, 0.1) is 10.1 Å². The lowest BCUT2D eigenvalue weighted by atomic mass is 10.0. The summed E-state index contributed by atoms with van der Waals surface area (Å²) >= 11 is 0. The molecule has 0 unspecified atom stereocenters. The van der Waals surface area contributed by atoms with Crippen molar-refractivity contribution in [3.8, 4) is 11.1 Å². The summed E-state index contributed by atoms with van der Waals surface area (Å²) in [5, 5.41) is 11.0. The van der Waals surface area contributed by atoms with Gasteiger partial charge in [0.15, 0.2) is 0 Å². The molecule has 0 saturated heterocycles. The number of nitrogens with two attached hydrogens (primary N) is 1. The summed E-state index contributed by atoms with van der Waals surface area (Å²) in [6.45, 7) is 3.52. The zero-order valence-corrected chi connectivity index (χ0v) is 9.83. The number of nitro groups is 1. The van der Waals surface area contributed by atoms with Crippen molar-refractivity contribution in [2.45, 2.75) is 0 Å². The van der Waals surface area contributed by atoms with Crippen molar-refractivity contribution in [2.24, 2.45) is 5.73 Å². The molecular formula is C13H10N2O4. The van der Waals surface area contributed by atoms with Crippen LogP contribution in [0.2, 0.25) is 0 Å². The monoisotopic (exact) mass is 258 g/mol. The molecule has 2 rings (SSSR count). The second kappa shape index (κ2) is 4.77. The van der Waals surface area contributed by atoms with Crippen LogP contribution in [-0.2, 0) is 4.79 Å². The van der Waals surface area contributed by atoms with E-state index in [2.05, 4.69) is 6.58 Å². The SMILES string of the molecule is C=C(C(N)=O)c1occc1-c1ccccc1[N+](=O)[O-]. The highest BCUT2D eigenvalue weighted by Gasteiger charge is 2.21. The second-order valence-electron chi connectivity index (χ2n) is 3.78. The first-order valence-electron chi connectivity index (χ1n) is 5.32. The van der Waals surface area contributed by atoms with Crippen molar-refractivity contribution in [2.75, 3.05) is 0 Å². The minimum Gasteiger partial charge on any atom is -0.464 e. The Balaban J connectivity index is 2.61. The minimum absolute atomic E-state index is 0.0295. The Morgan fingerprint density at radius 2 is 1.95 bits per heavy atom. The van der Waals surface area contributed by atoms with Gasteiger partial charge in [0.1, 0.15) is 5.76 Å². The highest BCUT2D eigenvalue weighted by molar-refractivity contribution is 6.18. The molecule has 0 aliphatic carbocycles. The van der Waals surface area contributed by atoms with Gasteiger partial charge in [-0.3, -0.25) is 14.9 Å². The van der Waals surface area contributed by atoms with Gasteiger partial charge < -0.3 is 10.2 Å². The number of hydrogen-bond acceptors (Lipinski definition) is 4. The van der Waals surface area contributed by atoms with E-state index >= 15 is 0 Å². The Bertz CT molecular complexity index is 673. The molecule has 6 heteroatoms. The first-order valence-corrected chi connectivity index (χ1v) is 5.32. The number of rotatable bonds is 4. The number of hydrogen-bond donors (Lipinski definition) is 1. The van der Waals surface area contributed by atoms with E-state index in [0.717, 1.165) is 0 Å². The van der Waals surface area contributed by atoms with E-state index in [9.17, 15) is 14.9 Å². The summed E-state index contributed by atoms with van der Waals surface area (Å²) in [5.74, 6) is -0.600. The van der Waals surface area contributed by atoms with E-state index < -0.39 is 10.8 Å². The van der Waals surface area contributed by atoms with Crippen LogP contribution in [0.25, 0.3) is 16.7 Å². The maximum atomic E-state index is 11.1. The standard InChI is InChI=1S/C13H10N2O4/c1-8(13(14)16)12-10(6-7-19-12)9-4-2-3-5-11(9)15(17)18/h2-7H,1H2,(H2,14,16). The number of nitrogens with zero attached hydrogens (tertiary/aromatic N) is 1. The van der Waals surface area contributed by atoms with Crippen molar-refractivity contribution in [1.82, 2.24) is 0 Å². The predicted octanol–water partition coefficient (Wildman–Crippen LogP) is 2.35. The van der Waals surface area contributed by atoms with Crippen LogP contribution >= 0.6 is 0 Å². The van der Waals surface area contributed by atoms with E-state index in [4.69, 9.17) is 10.2 Å². The molecule has 2 aromatic rings. The molecule has 1 aromatic carbocycles. The number of nitro benzene ring substituents is 1. The molecule has 0 atom stereocenters. The first kappa shape index (κ1) is 12.6. The third-order valence-electron chi connectivity index (χ3n) is 2.63. The third-order valence-corrected chi connectivity index (χ3v) is 2.63. The van der Waals surface area contributed by atoms with Crippen LogP contribution in [0.3, 0.4) is 0 Å². The Kier molecular flexibility index (Phi) is 3.15. The molecule has 0 radical (unpaired) electrons. The lowest BCUT2D eigenvalue weighted by Gasteiger charge is -2.04. The molecule has 96 valence electrons. The normalized spacial score (nSPS) is 10.1. The number of carbonyl (C=O) groups excluding carboxylic acids is 1. The number of carbonyl (C=O) groups is 1. The summed E-state index contributed by atoms with van der Waals surface area (Å²) in [6.07, 6.45) is 1.33. The van der Waals surface area contributed by atoms with Gasteiger partial charge in [0.25, 0.3) is 11.6 Å². The van der Waals surface area contributed by atoms with Gasteiger partial charge in [-0.2, -0.15) is 0 Å². The lowest BCUT2D eigenvalue weighted by Crippen LogP contribution is -2.12. The molecule has 1 heterocycles. The third kappa shape index (κ3) is 2.23. The molecular weight excluding hydrogens is 248 g/mol. The smallest absolute Gasteiger partial charge is 0.277 e. The van der Waals surface area contributed by atoms with Gasteiger partial charge >= 0.3 is 0 Å². The summed E-state index contributed by atoms with van der Waals surface area (Å²) in [4.78, 5) is 21.6. The molecule has 6 nitrogen and oxygen atoms in total. The molecule has 0 bridgehead atoms. The number of benzene rings is 1. The molecule has 0 saturated carbocycles. The molecule has 1 amide bonds. The fourth-order valence-electron chi connectivity index (χ4n) is 1.73. The van der Waals surface area contributed by atoms with E-state index in [0.29, 0.717) is 11.1 Å². The van der Waals surface area contributed by atoms with Crippen LogP contribution < -0.4 is 5.73 Å². The van der Waals surface area contributed by atoms with Gasteiger partial charge in [0, 0.05) is 11.6 Å². The quantitative estimate of drug-likeness (QED) is 0.516. The van der Waals surface area contributed by atoms with Crippen LogP contribution in [0.1, 0.15) is 5.76 Å². The van der Waals surface area contributed by atoms with E-state index in [-0.39, 0.29) is 17.0 Å². The number of para-hydroxylation sites is 1. The fourth-order valence-corrected chi connectivity index (χ4v) is 1.73. The highest BCUT2D eigenvalue weighted by Crippen LogP contribution is 2.35. The van der Waals surface area contributed by atoms with Crippen molar-refractivity contribution >= 4 is 17.2 Å². The fraction of sp³-hybridized carbons (Fsp3) is 0. The van der Waals surface area contributed by atoms with Crippen molar-refractivity contribution < 1.29 is 14.1 Å². The van der Waals surface area contributed by atoms with Gasteiger partial charge in [-0.25, -0.2) is 0 Å². The van der Waals surface area contributed by atoms with Crippen molar-refractivity contribution in [3.63, 3.8) is 0 Å². The Hall–Kier alpha value is -2.89. The molecule has 0 aliphatic rings. The van der Waals surface area contributed by atoms with Crippen LogP contribution in [-0.4, -0.2) is 10.8 Å². The van der Waals surface area contributed by atoms with E-state index in [1.165, 1.54) is 18.4 Å². The summed E-state index contributed by atoms with van der Waals surface area (Å²) in [7, 11) is 0. The van der Waals surface area contributed by atoms with Gasteiger partial charge in [-0.1, -0.05) is 18.7 Å². The Morgan fingerprint density at radius 1 is 1.26 bits per heavy atom. The Morgan fingerprint density at radius 3 is 2.58 bits per heavy atom. The maximum absolute atomic E-state index is 11.1. The number of furan rings is 1. The molecule has 0 fully saturated rings. The first-order chi connectivity index (χ1) is 9.02. The maximum Gasteiger partial charge on any atom is 0.277 e. The Labute approximate surface area is 108 Å². The van der Waals surface area contributed by atoms with Crippen LogP contribution in [0.15, 0.2) is 47.6 Å². The van der Waals surface area contributed by atoms with Gasteiger partial charge in [-0.05, 0) is 12.1 Å². The largest absolute Gasteiger partial charge is 0.464 e. The zero-order valence-electron chi connectivity index (χ0n) is 9.83. The topological polar surface area (TPSA) is 99.4 Å². The molecule has 19 heavy (non-hydrogen) atoms. The minimum atomic E-state index is -0.741. The van der Waals surface area contributed by atoms with Gasteiger partial charge in [0.2, 0.25) is 0 Å².